The van der Waals surface area contributed by atoms with E-state index in [9.17, 15) is 4.79 Å². The Morgan fingerprint density at radius 2 is 1.80 bits per heavy atom. The number of nitrogens with two attached hydrogens (primary N) is 1. The molecule has 0 saturated heterocycles. The summed E-state index contributed by atoms with van der Waals surface area (Å²) in [6.45, 7) is 1.99. The maximum Gasteiger partial charge on any atom is 0.285 e. The highest BCUT2D eigenvalue weighted by molar-refractivity contribution is 6.30. The zero-order chi connectivity index (χ0) is 14.3. The van der Waals surface area contributed by atoms with E-state index in [0.717, 1.165) is 21.9 Å². The first-order valence-corrected chi connectivity index (χ1v) is 6.53. The first kappa shape index (κ1) is 12.8. The highest BCUT2D eigenvalue weighted by Crippen LogP contribution is 2.34. The van der Waals surface area contributed by atoms with Gasteiger partial charge >= 0.3 is 0 Å². The van der Waals surface area contributed by atoms with Crippen molar-refractivity contribution in [1.29, 1.82) is 0 Å². The Kier molecular flexibility index (Phi) is 2.99. The van der Waals surface area contributed by atoms with Gasteiger partial charge in [-0.05, 0) is 37.3 Å². The molecule has 3 rings (SSSR count). The van der Waals surface area contributed by atoms with Gasteiger partial charge in [-0.2, -0.15) is 0 Å². The molecule has 0 radical (unpaired) electrons. The molecule has 3 nitrogen and oxygen atoms in total. The number of fused-ring (bicyclic) bond motifs is 1. The molecule has 0 aliphatic rings. The number of furan rings is 1. The van der Waals surface area contributed by atoms with E-state index in [0.29, 0.717) is 10.8 Å². The molecule has 2 aromatic carbocycles. The fourth-order valence-corrected chi connectivity index (χ4v) is 2.38. The van der Waals surface area contributed by atoms with E-state index in [1.54, 1.807) is 12.1 Å². The maximum atomic E-state index is 11.5. The number of carbonyl (C=O) groups excluding carboxylic acids is 1. The Hall–Kier alpha value is -2.26. The van der Waals surface area contributed by atoms with Crippen LogP contribution >= 0.6 is 11.6 Å². The van der Waals surface area contributed by atoms with E-state index in [1.807, 2.05) is 37.3 Å². The van der Waals surface area contributed by atoms with Crippen molar-refractivity contribution in [3.8, 4) is 11.3 Å². The number of carbonyl (C=O) groups is 1. The summed E-state index contributed by atoms with van der Waals surface area (Å²) >= 11 is 5.89. The van der Waals surface area contributed by atoms with Gasteiger partial charge in [-0.15, -0.1) is 0 Å². The standard InChI is InChI=1S/C16H12ClNO2/c1-9-2-7-12-13(8-9)14(20-15(12)16(18)19)10-3-5-11(17)6-4-10/h2-8H,1H3,(H2,18,19). The zero-order valence-electron chi connectivity index (χ0n) is 10.8. The number of hydrogen-bond donors (Lipinski definition) is 1. The van der Waals surface area contributed by atoms with Crippen molar-refractivity contribution in [3.63, 3.8) is 0 Å². The highest BCUT2D eigenvalue weighted by atomic mass is 35.5. The Morgan fingerprint density at radius 1 is 1.10 bits per heavy atom. The van der Waals surface area contributed by atoms with Gasteiger partial charge in [0.15, 0.2) is 5.76 Å². The molecule has 1 amide bonds. The minimum absolute atomic E-state index is 0.185. The molecule has 0 fully saturated rings. The number of primary amides is 1. The Bertz CT molecular complexity index is 803. The van der Waals surface area contributed by atoms with E-state index in [2.05, 4.69) is 0 Å². The van der Waals surface area contributed by atoms with E-state index < -0.39 is 5.91 Å². The summed E-state index contributed by atoms with van der Waals surface area (Å²) in [5.41, 5.74) is 7.33. The summed E-state index contributed by atoms with van der Waals surface area (Å²) < 4.78 is 5.69. The number of halogens is 1. The molecule has 1 heterocycles. The number of amides is 1. The Labute approximate surface area is 120 Å². The van der Waals surface area contributed by atoms with Crippen LogP contribution in [0.3, 0.4) is 0 Å². The minimum Gasteiger partial charge on any atom is -0.450 e. The first-order valence-electron chi connectivity index (χ1n) is 6.15. The molecule has 20 heavy (non-hydrogen) atoms. The van der Waals surface area contributed by atoms with Gasteiger partial charge < -0.3 is 10.2 Å². The topological polar surface area (TPSA) is 56.2 Å². The van der Waals surface area contributed by atoms with Crippen LogP contribution in [0.1, 0.15) is 16.1 Å². The summed E-state index contributed by atoms with van der Waals surface area (Å²) in [4.78, 5) is 11.5. The third-order valence-corrected chi connectivity index (χ3v) is 3.45. The van der Waals surface area contributed by atoms with Crippen molar-refractivity contribution in [2.45, 2.75) is 6.92 Å². The van der Waals surface area contributed by atoms with Crippen LogP contribution in [0.5, 0.6) is 0 Å². The monoisotopic (exact) mass is 285 g/mol. The van der Waals surface area contributed by atoms with Crippen LogP contribution in [0.2, 0.25) is 5.02 Å². The van der Waals surface area contributed by atoms with Gasteiger partial charge in [-0.3, -0.25) is 4.79 Å². The van der Waals surface area contributed by atoms with Gasteiger partial charge in [-0.25, -0.2) is 0 Å². The van der Waals surface area contributed by atoms with Gasteiger partial charge in [0.25, 0.3) is 5.91 Å². The maximum absolute atomic E-state index is 11.5. The molecule has 0 saturated carbocycles. The molecule has 0 atom stereocenters. The van der Waals surface area contributed by atoms with Crippen LogP contribution in [-0.2, 0) is 0 Å². The molecule has 4 heteroatoms. The molecule has 100 valence electrons. The van der Waals surface area contributed by atoms with E-state index in [-0.39, 0.29) is 5.76 Å². The number of hydrogen-bond acceptors (Lipinski definition) is 2. The van der Waals surface area contributed by atoms with E-state index in [1.165, 1.54) is 0 Å². The number of benzene rings is 2. The van der Waals surface area contributed by atoms with Gasteiger partial charge in [0, 0.05) is 21.4 Å². The van der Waals surface area contributed by atoms with Crippen LogP contribution in [0.15, 0.2) is 46.9 Å². The van der Waals surface area contributed by atoms with Crippen molar-refractivity contribution < 1.29 is 9.21 Å². The lowest BCUT2D eigenvalue weighted by molar-refractivity contribution is 0.0977. The largest absolute Gasteiger partial charge is 0.450 e. The fourth-order valence-electron chi connectivity index (χ4n) is 2.25. The molecule has 0 aliphatic heterocycles. The lowest BCUT2D eigenvalue weighted by atomic mass is 10.0. The fraction of sp³-hybridized carbons (Fsp3) is 0.0625. The Balaban J connectivity index is 2.32. The van der Waals surface area contributed by atoms with Crippen LogP contribution in [-0.4, -0.2) is 5.91 Å². The molecule has 0 spiro atoms. The van der Waals surface area contributed by atoms with Gasteiger partial charge in [0.1, 0.15) is 5.76 Å². The Morgan fingerprint density at radius 3 is 2.45 bits per heavy atom. The average Bonchev–Trinajstić information content (AvgIpc) is 2.78. The zero-order valence-corrected chi connectivity index (χ0v) is 11.6. The van der Waals surface area contributed by atoms with Crippen LogP contribution in [0.25, 0.3) is 22.1 Å². The third kappa shape index (κ3) is 2.06. The lowest BCUT2D eigenvalue weighted by Gasteiger charge is -1.99. The van der Waals surface area contributed by atoms with E-state index >= 15 is 0 Å². The number of aryl methyl sites for hydroxylation is 1. The smallest absolute Gasteiger partial charge is 0.285 e. The molecular formula is C16H12ClNO2. The highest BCUT2D eigenvalue weighted by Gasteiger charge is 2.18. The second-order valence-electron chi connectivity index (χ2n) is 4.68. The van der Waals surface area contributed by atoms with Crippen molar-refractivity contribution in [1.82, 2.24) is 0 Å². The summed E-state index contributed by atoms with van der Waals surface area (Å²) in [7, 11) is 0. The second kappa shape index (κ2) is 4.69. The van der Waals surface area contributed by atoms with Gasteiger partial charge in [0.2, 0.25) is 0 Å². The summed E-state index contributed by atoms with van der Waals surface area (Å²) in [5, 5.41) is 2.25. The molecule has 0 aliphatic carbocycles. The van der Waals surface area contributed by atoms with Crippen molar-refractivity contribution >= 4 is 28.3 Å². The van der Waals surface area contributed by atoms with Crippen molar-refractivity contribution in [3.05, 3.63) is 58.8 Å². The SMILES string of the molecule is Cc1ccc2c(C(N)=O)oc(-c3ccc(Cl)cc3)c2c1. The predicted molar refractivity (Wildman–Crippen MR) is 79.9 cm³/mol. The quantitative estimate of drug-likeness (QED) is 0.768. The second-order valence-corrected chi connectivity index (χ2v) is 5.12. The first-order chi connectivity index (χ1) is 9.56. The van der Waals surface area contributed by atoms with Gasteiger partial charge in [-0.1, -0.05) is 29.3 Å². The number of rotatable bonds is 2. The summed E-state index contributed by atoms with van der Waals surface area (Å²) in [5.74, 6) is 0.248. The van der Waals surface area contributed by atoms with Crippen LogP contribution in [0, 0.1) is 6.92 Å². The third-order valence-electron chi connectivity index (χ3n) is 3.20. The van der Waals surface area contributed by atoms with Gasteiger partial charge in [0.05, 0.1) is 0 Å². The lowest BCUT2D eigenvalue weighted by Crippen LogP contribution is -2.09. The van der Waals surface area contributed by atoms with Crippen LogP contribution in [0.4, 0.5) is 0 Å². The molecule has 2 N–H and O–H groups in total. The molecule has 0 unspecified atom stereocenters. The predicted octanol–water partition coefficient (Wildman–Crippen LogP) is 4.16. The molecule has 0 bridgehead atoms. The summed E-state index contributed by atoms with van der Waals surface area (Å²) in [6, 6.07) is 13.0. The van der Waals surface area contributed by atoms with Crippen molar-refractivity contribution in [2.75, 3.05) is 0 Å². The van der Waals surface area contributed by atoms with E-state index in [4.69, 9.17) is 21.8 Å². The minimum atomic E-state index is -0.570. The van der Waals surface area contributed by atoms with Crippen molar-refractivity contribution in [2.24, 2.45) is 5.73 Å². The normalized spacial score (nSPS) is 10.9. The van der Waals surface area contributed by atoms with Crippen LogP contribution < -0.4 is 5.73 Å². The average molecular weight is 286 g/mol. The molecular weight excluding hydrogens is 274 g/mol. The molecule has 1 aromatic heterocycles. The molecule has 3 aromatic rings. The summed E-state index contributed by atoms with van der Waals surface area (Å²) in [6.07, 6.45) is 0.